The number of hydrogen-bond acceptors (Lipinski definition) is 3. The van der Waals surface area contributed by atoms with Crippen LogP contribution in [0, 0.1) is 24.0 Å². The number of benzene rings is 1. The van der Waals surface area contributed by atoms with Crippen molar-refractivity contribution in [1.29, 1.82) is 0 Å². The first-order valence-electron chi connectivity index (χ1n) is 9.81. The molecular weight excluding hydrogens is 362 g/mol. The van der Waals surface area contributed by atoms with Crippen molar-refractivity contribution in [3.63, 3.8) is 0 Å². The summed E-state index contributed by atoms with van der Waals surface area (Å²) in [5.41, 5.74) is 0.970. The number of rotatable bonds is 4. The second-order valence-corrected chi connectivity index (χ2v) is 8.14. The Morgan fingerprint density at radius 3 is 2.75 bits per heavy atom. The van der Waals surface area contributed by atoms with E-state index < -0.39 is 17.0 Å². The number of nitrogens with zero attached hydrogens (tertiary/aromatic N) is 4. The van der Waals surface area contributed by atoms with E-state index in [-0.39, 0.29) is 18.0 Å². The fourth-order valence-electron chi connectivity index (χ4n) is 4.58. The summed E-state index contributed by atoms with van der Waals surface area (Å²) in [4.78, 5) is 21.6. The van der Waals surface area contributed by atoms with Crippen LogP contribution in [0.5, 0.6) is 0 Å². The maximum absolute atomic E-state index is 14.1. The number of piperidine rings is 1. The van der Waals surface area contributed by atoms with Crippen molar-refractivity contribution in [2.75, 3.05) is 19.6 Å². The Labute approximate surface area is 164 Å². The van der Waals surface area contributed by atoms with Crippen LogP contribution < -0.4 is 0 Å². The van der Waals surface area contributed by atoms with Gasteiger partial charge in [-0.25, -0.2) is 13.8 Å². The van der Waals surface area contributed by atoms with E-state index in [4.69, 9.17) is 0 Å². The van der Waals surface area contributed by atoms with Gasteiger partial charge in [-0.2, -0.15) is 0 Å². The van der Waals surface area contributed by atoms with E-state index in [1.807, 2.05) is 20.2 Å². The maximum atomic E-state index is 14.1. The summed E-state index contributed by atoms with van der Waals surface area (Å²) >= 11 is 0. The Morgan fingerprint density at radius 2 is 2.00 bits per heavy atom. The number of likely N-dealkylation sites (tertiary alicyclic amines) is 2. The third-order valence-corrected chi connectivity index (χ3v) is 6.35. The number of imidazole rings is 1. The van der Waals surface area contributed by atoms with Gasteiger partial charge in [0.15, 0.2) is 11.6 Å². The fraction of sp³-hybridized carbons (Fsp3) is 0.524. The Balaban J connectivity index is 1.47. The van der Waals surface area contributed by atoms with Gasteiger partial charge in [-0.1, -0.05) is 12.1 Å². The molecule has 1 amide bonds. The predicted molar refractivity (Wildman–Crippen MR) is 101 cm³/mol. The number of halogens is 2. The zero-order valence-electron chi connectivity index (χ0n) is 16.4. The van der Waals surface area contributed by atoms with Gasteiger partial charge in [0.1, 0.15) is 5.82 Å². The van der Waals surface area contributed by atoms with E-state index >= 15 is 0 Å². The van der Waals surface area contributed by atoms with E-state index in [0.717, 1.165) is 49.9 Å². The monoisotopic (exact) mass is 388 g/mol. The van der Waals surface area contributed by atoms with Crippen LogP contribution in [0.2, 0.25) is 0 Å². The summed E-state index contributed by atoms with van der Waals surface area (Å²) in [5, 5.41) is 0. The van der Waals surface area contributed by atoms with Crippen molar-refractivity contribution in [3.05, 3.63) is 53.1 Å². The molecule has 1 aromatic heterocycles. The van der Waals surface area contributed by atoms with Crippen molar-refractivity contribution in [2.45, 2.75) is 39.3 Å². The lowest BCUT2D eigenvalue weighted by Crippen LogP contribution is -2.49. The zero-order valence-corrected chi connectivity index (χ0v) is 16.4. The van der Waals surface area contributed by atoms with Crippen LogP contribution in [-0.2, 0) is 24.9 Å². The summed E-state index contributed by atoms with van der Waals surface area (Å²) in [6.45, 7) is 5.03. The van der Waals surface area contributed by atoms with Crippen LogP contribution in [0.4, 0.5) is 8.78 Å². The predicted octanol–water partition coefficient (Wildman–Crippen LogP) is 3.02. The largest absolute Gasteiger partial charge is 0.338 e. The van der Waals surface area contributed by atoms with Crippen LogP contribution in [0.25, 0.3) is 0 Å². The number of hydrogen-bond donors (Lipinski definition) is 0. The molecule has 1 aromatic carbocycles. The van der Waals surface area contributed by atoms with E-state index in [2.05, 4.69) is 14.5 Å². The van der Waals surface area contributed by atoms with Gasteiger partial charge in [0.25, 0.3) is 0 Å². The van der Waals surface area contributed by atoms with Gasteiger partial charge in [-0.15, -0.1) is 0 Å². The molecular formula is C21H26F2N4O. The normalized spacial score (nSPS) is 23.1. The van der Waals surface area contributed by atoms with Crippen molar-refractivity contribution in [3.8, 4) is 0 Å². The summed E-state index contributed by atoms with van der Waals surface area (Å²) in [7, 11) is 2.00. The third-order valence-electron chi connectivity index (χ3n) is 6.35. The van der Waals surface area contributed by atoms with Crippen molar-refractivity contribution < 1.29 is 13.6 Å². The molecule has 0 N–H and O–H groups in total. The molecule has 2 aliphatic rings. The molecule has 2 aliphatic heterocycles. The number of carbonyl (C=O) groups excluding carboxylic acids is 1. The highest BCUT2D eigenvalue weighted by atomic mass is 19.2. The van der Waals surface area contributed by atoms with Gasteiger partial charge in [-0.3, -0.25) is 9.69 Å². The molecule has 0 saturated carbocycles. The van der Waals surface area contributed by atoms with Crippen LogP contribution in [0.1, 0.15) is 36.3 Å². The van der Waals surface area contributed by atoms with Gasteiger partial charge in [0.2, 0.25) is 5.91 Å². The second kappa shape index (κ2) is 7.28. The minimum Gasteiger partial charge on any atom is -0.338 e. The average Bonchev–Trinajstić information content (AvgIpc) is 3.22. The maximum Gasteiger partial charge on any atom is 0.230 e. The summed E-state index contributed by atoms with van der Waals surface area (Å²) in [5.74, 6) is -0.670. The molecule has 1 spiro atoms. The van der Waals surface area contributed by atoms with Gasteiger partial charge < -0.3 is 9.47 Å². The van der Waals surface area contributed by atoms with E-state index in [1.54, 1.807) is 11.0 Å². The highest BCUT2D eigenvalue weighted by molar-refractivity contribution is 5.84. The van der Waals surface area contributed by atoms with Crippen molar-refractivity contribution in [1.82, 2.24) is 19.4 Å². The van der Waals surface area contributed by atoms with E-state index in [9.17, 15) is 13.6 Å². The molecule has 2 aromatic rings. The van der Waals surface area contributed by atoms with Crippen LogP contribution in [0.3, 0.4) is 0 Å². The van der Waals surface area contributed by atoms with Gasteiger partial charge >= 0.3 is 0 Å². The van der Waals surface area contributed by atoms with Crippen molar-refractivity contribution >= 4 is 5.91 Å². The minimum atomic E-state index is -0.866. The van der Waals surface area contributed by atoms with Crippen LogP contribution >= 0.6 is 0 Å². The molecule has 2 fully saturated rings. The molecule has 0 bridgehead atoms. The first kappa shape index (κ1) is 19.1. The van der Waals surface area contributed by atoms with Crippen LogP contribution in [0.15, 0.2) is 24.4 Å². The summed E-state index contributed by atoms with van der Waals surface area (Å²) < 4.78 is 29.7. The molecule has 0 radical (unpaired) electrons. The quantitative estimate of drug-likeness (QED) is 0.809. The lowest BCUT2D eigenvalue weighted by molar-refractivity contribution is -0.146. The highest BCUT2D eigenvalue weighted by Gasteiger charge is 2.48. The van der Waals surface area contributed by atoms with Crippen molar-refractivity contribution in [2.24, 2.45) is 12.5 Å². The zero-order chi connectivity index (χ0) is 19.9. The summed E-state index contributed by atoms with van der Waals surface area (Å²) in [6.07, 6.45) is 4.45. The lowest BCUT2D eigenvalue weighted by atomic mass is 9.78. The standard InChI is InChI=1S/C21H26F2N4O/c1-15-24-11-17(25(15)2)13-26-10-8-21(14-26)7-4-9-27(20(21)28)12-16-5-3-6-18(22)19(16)23/h3,5-6,11H,4,7-10,12-14H2,1-2H3. The Hall–Kier alpha value is -2.28. The molecule has 3 heterocycles. The number of amides is 1. The molecule has 150 valence electrons. The smallest absolute Gasteiger partial charge is 0.230 e. The van der Waals surface area contributed by atoms with Gasteiger partial charge in [-0.05, 0) is 38.8 Å². The molecule has 0 aliphatic carbocycles. The SMILES string of the molecule is Cc1ncc(CN2CCC3(CCCN(Cc4cccc(F)c4F)C3=O)C2)n1C. The average molecular weight is 388 g/mol. The molecule has 4 rings (SSSR count). The number of aromatic nitrogens is 2. The highest BCUT2D eigenvalue weighted by Crippen LogP contribution is 2.41. The van der Waals surface area contributed by atoms with Gasteiger partial charge in [0.05, 0.1) is 11.1 Å². The third kappa shape index (κ3) is 3.32. The molecule has 1 atom stereocenters. The van der Waals surface area contributed by atoms with E-state index in [0.29, 0.717) is 13.1 Å². The van der Waals surface area contributed by atoms with E-state index in [1.165, 1.54) is 6.07 Å². The molecule has 7 heteroatoms. The second-order valence-electron chi connectivity index (χ2n) is 8.14. The number of aryl methyl sites for hydroxylation is 1. The fourth-order valence-corrected chi connectivity index (χ4v) is 4.58. The summed E-state index contributed by atoms with van der Waals surface area (Å²) in [6, 6.07) is 4.15. The minimum absolute atomic E-state index is 0.0751. The Morgan fingerprint density at radius 1 is 1.18 bits per heavy atom. The molecule has 5 nitrogen and oxygen atoms in total. The lowest BCUT2D eigenvalue weighted by Gasteiger charge is -2.39. The first-order valence-corrected chi connectivity index (χ1v) is 9.81. The Bertz CT molecular complexity index is 897. The Kier molecular flexibility index (Phi) is 4.95. The molecule has 2 saturated heterocycles. The van der Waals surface area contributed by atoms with Crippen LogP contribution in [-0.4, -0.2) is 44.9 Å². The molecule has 1 unspecified atom stereocenters. The topological polar surface area (TPSA) is 41.4 Å². The van der Waals surface area contributed by atoms with Gasteiger partial charge in [0, 0.05) is 45.0 Å². The first-order chi connectivity index (χ1) is 13.4. The number of carbonyl (C=O) groups is 1. The molecule has 28 heavy (non-hydrogen) atoms.